The SMILES string of the molecule is CCC(C)NS(=O)(=O)c1ccc(NC(=O)c2ccc(-c3ccccc3)cc2)cc1. The predicted molar refractivity (Wildman–Crippen MR) is 116 cm³/mol. The Morgan fingerprint density at radius 2 is 1.45 bits per heavy atom. The van der Waals surface area contributed by atoms with Crippen molar-refractivity contribution in [1.29, 1.82) is 0 Å². The van der Waals surface area contributed by atoms with Crippen molar-refractivity contribution in [3.8, 4) is 11.1 Å². The number of sulfonamides is 1. The highest BCUT2D eigenvalue weighted by molar-refractivity contribution is 7.89. The van der Waals surface area contributed by atoms with Crippen LogP contribution < -0.4 is 10.0 Å². The topological polar surface area (TPSA) is 75.3 Å². The Morgan fingerprint density at radius 1 is 0.862 bits per heavy atom. The van der Waals surface area contributed by atoms with Gasteiger partial charge in [-0.1, -0.05) is 49.4 Å². The molecule has 1 unspecified atom stereocenters. The molecule has 150 valence electrons. The lowest BCUT2D eigenvalue weighted by molar-refractivity contribution is 0.102. The van der Waals surface area contributed by atoms with E-state index in [0.29, 0.717) is 17.7 Å². The Morgan fingerprint density at radius 3 is 2.03 bits per heavy atom. The minimum absolute atomic E-state index is 0.141. The van der Waals surface area contributed by atoms with E-state index >= 15 is 0 Å². The zero-order chi connectivity index (χ0) is 20.9. The first kappa shape index (κ1) is 20.8. The third kappa shape index (κ3) is 5.31. The molecule has 0 aliphatic rings. The molecule has 0 saturated heterocycles. The van der Waals surface area contributed by atoms with E-state index in [4.69, 9.17) is 0 Å². The zero-order valence-electron chi connectivity index (χ0n) is 16.4. The van der Waals surface area contributed by atoms with Crippen LogP contribution >= 0.6 is 0 Å². The van der Waals surface area contributed by atoms with Crippen LogP contribution in [0, 0.1) is 0 Å². The fourth-order valence-corrected chi connectivity index (χ4v) is 4.11. The molecule has 0 radical (unpaired) electrons. The predicted octanol–water partition coefficient (Wildman–Crippen LogP) is 4.68. The second kappa shape index (κ2) is 9.03. The molecule has 6 heteroatoms. The van der Waals surface area contributed by atoms with Gasteiger partial charge in [0.1, 0.15) is 0 Å². The summed E-state index contributed by atoms with van der Waals surface area (Å²) in [6.07, 6.45) is 0.705. The summed E-state index contributed by atoms with van der Waals surface area (Å²) in [5.74, 6) is -0.252. The van der Waals surface area contributed by atoms with Gasteiger partial charge >= 0.3 is 0 Å². The Labute approximate surface area is 171 Å². The molecule has 0 fully saturated rings. The average Bonchev–Trinajstić information content (AvgIpc) is 2.74. The highest BCUT2D eigenvalue weighted by Crippen LogP contribution is 2.20. The van der Waals surface area contributed by atoms with Gasteiger partial charge in [0.2, 0.25) is 10.0 Å². The van der Waals surface area contributed by atoms with Crippen LogP contribution in [0.1, 0.15) is 30.6 Å². The molecular formula is C23H24N2O3S. The maximum Gasteiger partial charge on any atom is 0.255 e. The molecule has 0 aromatic heterocycles. The van der Waals surface area contributed by atoms with E-state index < -0.39 is 10.0 Å². The minimum atomic E-state index is -3.56. The van der Waals surface area contributed by atoms with Crippen LogP contribution in [0.4, 0.5) is 5.69 Å². The summed E-state index contributed by atoms with van der Waals surface area (Å²) < 4.78 is 27.2. The summed E-state index contributed by atoms with van der Waals surface area (Å²) >= 11 is 0. The molecule has 0 heterocycles. The van der Waals surface area contributed by atoms with Crippen molar-refractivity contribution in [2.24, 2.45) is 0 Å². The lowest BCUT2D eigenvalue weighted by Crippen LogP contribution is -2.31. The maximum atomic E-state index is 12.5. The Kier molecular flexibility index (Phi) is 6.46. The van der Waals surface area contributed by atoms with Crippen LogP contribution in [0.2, 0.25) is 0 Å². The zero-order valence-corrected chi connectivity index (χ0v) is 17.2. The van der Waals surface area contributed by atoms with Crippen molar-refractivity contribution >= 4 is 21.6 Å². The molecule has 3 aromatic carbocycles. The third-order valence-electron chi connectivity index (χ3n) is 4.65. The number of carbonyl (C=O) groups excluding carboxylic acids is 1. The number of hydrogen-bond acceptors (Lipinski definition) is 3. The fraction of sp³-hybridized carbons (Fsp3) is 0.174. The smallest absolute Gasteiger partial charge is 0.255 e. The Balaban J connectivity index is 1.68. The number of benzene rings is 3. The molecular weight excluding hydrogens is 384 g/mol. The molecule has 0 aliphatic carbocycles. The van der Waals surface area contributed by atoms with Crippen LogP contribution in [-0.4, -0.2) is 20.4 Å². The maximum absolute atomic E-state index is 12.5. The molecule has 0 bridgehead atoms. The number of amides is 1. The van der Waals surface area contributed by atoms with Crippen molar-refractivity contribution in [1.82, 2.24) is 4.72 Å². The highest BCUT2D eigenvalue weighted by Gasteiger charge is 2.16. The van der Waals surface area contributed by atoms with Crippen LogP contribution in [0.15, 0.2) is 83.8 Å². The largest absolute Gasteiger partial charge is 0.322 e. The number of nitrogens with one attached hydrogen (secondary N) is 2. The summed E-state index contributed by atoms with van der Waals surface area (Å²) in [6.45, 7) is 3.73. The van der Waals surface area contributed by atoms with Gasteiger partial charge in [-0.2, -0.15) is 0 Å². The van der Waals surface area contributed by atoms with Crippen molar-refractivity contribution in [2.45, 2.75) is 31.2 Å². The second-order valence-electron chi connectivity index (χ2n) is 6.85. The molecule has 0 spiro atoms. The lowest BCUT2D eigenvalue weighted by atomic mass is 10.0. The van der Waals surface area contributed by atoms with Crippen LogP contribution in [0.25, 0.3) is 11.1 Å². The van der Waals surface area contributed by atoms with Gasteiger partial charge in [-0.15, -0.1) is 0 Å². The number of rotatable bonds is 7. The van der Waals surface area contributed by atoms with Crippen molar-refractivity contribution in [3.05, 3.63) is 84.4 Å². The summed E-state index contributed by atoms with van der Waals surface area (Å²) in [5, 5.41) is 2.79. The highest BCUT2D eigenvalue weighted by atomic mass is 32.2. The van der Waals surface area contributed by atoms with Crippen LogP contribution in [0.3, 0.4) is 0 Å². The van der Waals surface area contributed by atoms with E-state index in [1.807, 2.05) is 56.3 Å². The monoisotopic (exact) mass is 408 g/mol. The van der Waals surface area contributed by atoms with Gasteiger partial charge in [-0.05, 0) is 60.9 Å². The first-order valence-corrected chi connectivity index (χ1v) is 11.0. The molecule has 0 aliphatic heterocycles. The molecule has 1 atom stereocenters. The molecule has 0 saturated carbocycles. The summed E-state index contributed by atoms with van der Waals surface area (Å²) in [7, 11) is -3.56. The molecule has 29 heavy (non-hydrogen) atoms. The van der Waals surface area contributed by atoms with E-state index in [9.17, 15) is 13.2 Å². The first-order chi connectivity index (χ1) is 13.9. The Bertz CT molecular complexity index is 1060. The van der Waals surface area contributed by atoms with Crippen molar-refractivity contribution in [2.75, 3.05) is 5.32 Å². The van der Waals surface area contributed by atoms with Gasteiger partial charge in [0.25, 0.3) is 5.91 Å². The lowest BCUT2D eigenvalue weighted by Gasteiger charge is -2.12. The van der Waals surface area contributed by atoms with Crippen molar-refractivity contribution in [3.63, 3.8) is 0 Å². The molecule has 5 nitrogen and oxygen atoms in total. The number of carbonyl (C=O) groups is 1. The molecule has 2 N–H and O–H groups in total. The fourth-order valence-electron chi connectivity index (χ4n) is 2.78. The number of anilines is 1. The summed E-state index contributed by atoms with van der Waals surface area (Å²) in [5.41, 5.74) is 3.18. The minimum Gasteiger partial charge on any atom is -0.322 e. The molecule has 3 aromatic rings. The van der Waals surface area contributed by atoms with Gasteiger partial charge in [0, 0.05) is 17.3 Å². The van der Waals surface area contributed by atoms with E-state index in [-0.39, 0.29) is 16.8 Å². The molecule has 1 amide bonds. The van der Waals surface area contributed by atoms with Crippen LogP contribution in [-0.2, 0) is 10.0 Å². The van der Waals surface area contributed by atoms with Crippen LogP contribution in [0.5, 0.6) is 0 Å². The van der Waals surface area contributed by atoms with Gasteiger partial charge in [-0.25, -0.2) is 13.1 Å². The first-order valence-electron chi connectivity index (χ1n) is 9.48. The second-order valence-corrected chi connectivity index (χ2v) is 8.57. The standard InChI is InChI=1S/C23H24N2O3S/c1-3-17(2)25-29(27,28)22-15-13-21(14-16-22)24-23(26)20-11-9-19(10-12-20)18-7-5-4-6-8-18/h4-17,25H,3H2,1-2H3,(H,24,26). The van der Waals surface area contributed by atoms with Gasteiger partial charge in [0.05, 0.1) is 4.90 Å². The van der Waals surface area contributed by atoms with Gasteiger partial charge in [0.15, 0.2) is 0 Å². The van der Waals surface area contributed by atoms with Crippen molar-refractivity contribution < 1.29 is 13.2 Å². The third-order valence-corrected chi connectivity index (χ3v) is 6.25. The summed E-state index contributed by atoms with van der Waals surface area (Å²) in [6, 6.07) is 23.3. The number of hydrogen-bond donors (Lipinski definition) is 2. The molecule has 3 rings (SSSR count). The van der Waals surface area contributed by atoms with E-state index in [2.05, 4.69) is 10.0 Å². The normalized spacial score (nSPS) is 12.3. The van der Waals surface area contributed by atoms with Gasteiger partial charge < -0.3 is 5.32 Å². The average molecular weight is 409 g/mol. The quantitative estimate of drug-likeness (QED) is 0.596. The van der Waals surface area contributed by atoms with E-state index in [1.165, 1.54) is 12.1 Å². The van der Waals surface area contributed by atoms with E-state index in [1.54, 1.807) is 24.3 Å². The summed E-state index contributed by atoms with van der Waals surface area (Å²) in [4.78, 5) is 12.7. The Hall–Kier alpha value is -2.96. The van der Waals surface area contributed by atoms with E-state index in [0.717, 1.165) is 11.1 Å². The van der Waals surface area contributed by atoms with Gasteiger partial charge in [-0.3, -0.25) is 4.79 Å².